The zero-order valence-electron chi connectivity index (χ0n) is 14.6. The largest absolute Gasteiger partial charge is 0.399 e. The van der Waals surface area contributed by atoms with Crippen LogP contribution in [0.3, 0.4) is 0 Å². The fraction of sp³-hybridized carbons (Fsp3) is 0.444. The van der Waals surface area contributed by atoms with Gasteiger partial charge in [-0.25, -0.2) is 8.42 Å². The van der Waals surface area contributed by atoms with Gasteiger partial charge in [0.2, 0.25) is 0 Å². The number of nitrogens with zero attached hydrogens (tertiary/aromatic N) is 1. The molecule has 7 nitrogen and oxygen atoms in total. The monoisotopic (exact) mass is 377 g/mol. The smallest absolute Gasteiger partial charge is 0.181 e. The summed E-state index contributed by atoms with van der Waals surface area (Å²) in [5.74, 6) is -2.69. The average molecular weight is 377 g/mol. The Morgan fingerprint density at radius 2 is 1.81 bits per heavy atom. The van der Waals surface area contributed by atoms with E-state index in [0.717, 1.165) is 0 Å². The Morgan fingerprint density at radius 1 is 1.15 bits per heavy atom. The molecule has 0 spiro atoms. The lowest BCUT2D eigenvalue weighted by atomic mass is 9.80. The van der Waals surface area contributed by atoms with Crippen LogP contribution in [0, 0.1) is 12.8 Å². The number of fused-ring (bicyclic) bond motifs is 1. The molecular formula is C18H19NO6S. The zero-order valence-corrected chi connectivity index (χ0v) is 15.4. The maximum Gasteiger partial charge on any atom is 0.181 e. The van der Waals surface area contributed by atoms with E-state index in [-0.39, 0.29) is 47.0 Å². The van der Waals surface area contributed by atoms with E-state index < -0.39 is 21.5 Å². The van der Waals surface area contributed by atoms with Crippen LogP contribution in [0.4, 0.5) is 0 Å². The summed E-state index contributed by atoms with van der Waals surface area (Å²) in [5, 5.41) is 3.90. The van der Waals surface area contributed by atoms with Crippen molar-refractivity contribution < 1.29 is 27.6 Å². The van der Waals surface area contributed by atoms with Crippen molar-refractivity contribution in [1.82, 2.24) is 0 Å². The maximum absolute atomic E-state index is 12.9. The Hall–Kier alpha value is -2.35. The lowest BCUT2D eigenvalue weighted by Crippen LogP contribution is -2.36. The van der Waals surface area contributed by atoms with Gasteiger partial charge in [0.05, 0.1) is 16.4 Å². The van der Waals surface area contributed by atoms with Gasteiger partial charge in [-0.05, 0) is 31.0 Å². The van der Waals surface area contributed by atoms with Crippen LogP contribution in [0.25, 0.3) is 0 Å². The van der Waals surface area contributed by atoms with Gasteiger partial charge in [-0.3, -0.25) is 14.4 Å². The first-order chi connectivity index (χ1) is 12.3. The van der Waals surface area contributed by atoms with Crippen molar-refractivity contribution >= 4 is 32.9 Å². The van der Waals surface area contributed by atoms with Gasteiger partial charge in [-0.15, -0.1) is 0 Å². The van der Waals surface area contributed by atoms with Gasteiger partial charge < -0.3 is 4.84 Å². The van der Waals surface area contributed by atoms with Crippen LogP contribution in [0.1, 0.15) is 47.2 Å². The summed E-state index contributed by atoms with van der Waals surface area (Å²) in [6.45, 7) is 1.61. The molecule has 1 heterocycles. The second-order valence-corrected chi connectivity index (χ2v) is 8.56. The molecule has 0 saturated heterocycles. The lowest BCUT2D eigenvalue weighted by molar-refractivity contribution is -0.133. The van der Waals surface area contributed by atoms with Crippen LogP contribution >= 0.6 is 0 Å². The minimum atomic E-state index is -3.49. The highest BCUT2D eigenvalue weighted by molar-refractivity contribution is 7.91. The van der Waals surface area contributed by atoms with Gasteiger partial charge >= 0.3 is 0 Å². The van der Waals surface area contributed by atoms with E-state index in [0.29, 0.717) is 23.3 Å². The van der Waals surface area contributed by atoms with Gasteiger partial charge in [-0.2, -0.15) is 0 Å². The van der Waals surface area contributed by atoms with Crippen molar-refractivity contribution in [1.29, 1.82) is 0 Å². The highest BCUT2D eigenvalue weighted by Gasteiger charge is 2.38. The van der Waals surface area contributed by atoms with E-state index in [1.165, 1.54) is 19.2 Å². The van der Waals surface area contributed by atoms with E-state index in [1.807, 2.05) is 0 Å². The minimum Gasteiger partial charge on any atom is -0.399 e. The molecule has 1 aliphatic heterocycles. The molecule has 1 aliphatic carbocycles. The summed E-state index contributed by atoms with van der Waals surface area (Å²) >= 11 is 0. The molecule has 0 aromatic heterocycles. The Bertz CT molecular complexity index is 929. The molecule has 0 N–H and O–H groups in total. The number of carbonyl (C=O) groups is 3. The summed E-state index contributed by atoms with van der Waals surface area (Å²) < 4.78 is 24.7. The van der Waals surface area contributed by atoms with Crippen LogP contribution in [-0.4, -0.2) is 44.3 Å². The standard InChI is InChI=1S/C18H19NO6S/c1-10-11(18(22)17-13(20)4-3-5-14(17)21)6-7-15-16(10)12(19-25-2)8-9-26(15,23)24/h6-7,17H,3-5,8-9H2,1-2H3. The minimum absolute atomic E-state index is 0.0888. The zero-order chi connectivity index (χ0) is 19.1. The Kier molecular flexibility index (Phi) is 4.79. The molecule has 1 aromatic rings. The average Bonchev–Trinajstić information content (AvgIpc) is 2.57. The molecule has 1 aromatic carbocycles. The molecule has 8 heteroatoms. The van der Waals surface area contributed by atoms with Gasteiger partial charge in [0.25, 0.3) is 0 Å². The van der Waals surface area contributed by atoms with Crippen LogP contribution in [0.5, 0.6) is 0 Å². The third kappa shape index (κ3) is 2.98. The van der Waals surface area contributed by atoms with Crippen molar-refractivity contribution in [3.05, 3.63) is 28.8 Å². The molecule has 2 aliphatic rings. The second kappa shape index (κ2) is 6.75. The number of benzene rings is 1. The summed E-state index contributed by atoms with van der Waals surface area (Å²) in [6.07, 6.45) is 1.05. The van der Waals surface area contributed by atoms with Crippen LogP contribution in [-0.2, 0) is 24.3 Å². The molecule has 0 unspecified atom stereocenters. The third-order valence-corrected chi connectivity index (χ3v) is 6.63. The number of oxime groups is 1. The molecule has 26 heavy (non-hydrogen) atoms. The third-order valence-electron chi connectivity index (χ3n) is 4.88. The molecular weight excluding hydrogens is 358 g/mol. The number of carbonyl (C=O) groups excluding carboxylic acids is 3. The van der Waals surface area contributed by atoms with Gasteiger partial charge in [0.1, 0.15) is 13.0 Å². The number of rotatable bonds is 3. The number of hydrogen-bond acceptors (Lipinski definition) is 7. The lowest BCUT2D eigenvalue weighted by Gasteiger charge is -2.23. The highest BCUT2D eigenvalue weighted by atomic mass is 32.2. The van der Waals surface area contributed by atoms with Crippen LogP contribution in [0.2, 0.25) is 0 Å². The first-order valence-corrected chi connectivity index (χ1v) is 9.99. The molecule has 1 saturated carbocycles. The topological polar surface area (TPSA) is 107 Å². The van der Waals surface area contributed by atoms with Crippen molar-refractivity contribution in [3.63, 3.8) is 0 Å². The molecule has 0 radical (unpaired) electrons. The van der Waals surface area contributed by atoms with Crippen molar-refractivity contribution in [2.45, 2.75) is 37.5 Å². The van der Waals surface area contributed by atoms with Crippen LogP contribution < -0.4 is 0 Å². The predicted molar refractivity (Wildman–Crippen MR) is 93.1 cm³/mol. The first-order valence-electron chi connectivity index (χ1n) is 8.34. The van der Waals surface area contributed by atoms with Crippen molar-refractivity contribution in [2.75, 3.05) is 12.9 Å². The summed E-state index contributed by atoms with van der Waals surface area (Å²) in [7, 11) is -2.13. The van der Waals surface area contributed by atoms with Crippen molar-refractivity contribution in [2.24, 2.45) is 11.1 Å². The predicted octanol–water partition coefficient (Wildman–Crippen LogP) is 1.64. The number of sulfone groups is 1. The quantitative estimate of drug-likeness (QED) is 0.450. The number of hydrogen-bond donors (Lipinski definition) is 0. The van der Waals surface area contributed by atoms with E-state index >= 15 is 0 Å². The van der Waals surface area contributed by atoms with Gasteiger partial charge in [0.15, 0.2) is 27.2 Å². The Balaban J connectivity index is 2.15. The molecule has 0 bridgehead atoms. The van der Waals surface area contributed by atoms with Crippen LogP contribution in [0.15, 0.2) is 22.2 Å². The molecule has 1 fully saturated rings. The number of Topliss-reactive ketones (excluding diaryl/α,β-unsaturated/α-hetero) is 3. The highest BCUT2D eigenvalue weighted by Crippen LogP contribution is 2.32. The Labute approximate surface area is 151 Å². The normalized spacial score (nSPS) is 21.5. The van der Waals surface area contributed by atoms with Gasteiger partial charge in [0, 0.05) is 30.4 Å². The summed E-state index contributed by atoms with van der Waals surface area (Å²) in [5.41, 5.74) is 1.35. The SMILES string of the molecule is CON=C1CCS(=O)(=O)c2ccc(C(=O)C3C(=O)CCCC3=O)c(C)c21. The molecule has 0 atom stereocenters. The second-order valence-electron chi connectivity index (χ2n) is 6.48. The summed E-state index contributed by atoms with van der Waals surface area (Å²) in [4.78, 5) is 42.0. The van der Waals surface area contributed by atoms with Crippen molar-refractivity contribution in [3.8, 4) is 0 Å². The fourth-order valence-corrected chi connectivity index (χ4v) is 5.13. The van der Waals surface area contributed by atoms with E-state index in [4.69, 9.17) is 4.84 Å². The number of ketones is 3. The molecule has 3 rings (SSSR count). The molecule has 138 valence electrons. The Morgan fingerprint density at radius 3 is 2.42 bits per heavy atom. The maximum atomic E-state index is 12.9. The summed E-state index contributed by atoms with van der Waals surface area (Å²) in [6, 6.07) is 2.74. The van der Waals surface area contributed by atoms with Gasteiger partial charge in [-0.1, -0.05) is 5.16 Å². The fourth-order valence-electron chi connectivity index (χ4n) is 3.59. The van der Waals surface area contributed by atoms with E-state index in [9.17, 15) is 22.8 Å². The first kappa shape index (κ1) is 18.4. The molecule has 0 amide bonds. The van der Waals surface area contributed by atoms with E-state index in [2.05, 4.69) is 5.16 Å². The van der Waals surface area contributed by atoms with E-state index in [1.54, 1.807) is 6.92 Å².